The van der Waals surface area contributed by atoms with Crippen LogP contribution in [0.2, 0.25) is 0 Å². The summed E-state index contributed by atoms with van der Waals surface area (Å²) in [5.41, 5.74) is 1.98. The molecule has 7 nitrogen and oxygen atoms in total. The Kier molecular flexibility index (Phi) is 6.67. The zero-order valence-electron chi connectivity index (χ0n) is 17.8. The second-order valence-corrected chi connectivity index (χ2v) is 7.74. The molecule has 0 spiro atoms. The minimum atomic E-state index is -0.536. The molecule has 0 bridgehead atoms. The molecule has 4 unspecified atom stereocenters. The number of rotatable bonds is 6. The summed E-state index contributed by atoms with van der Waals surface area (Å²) in [7, 11) is 0. The topological polar surface area (TPSA) is 79.3 Å². The van der Waals surface area contributed by atoms with Crippen molar-refractivity contribution in [1.29, 1.82) is 0 Å². The quantitative estimate of drug-likeness (QED) is 0.580. The standard InChI is InChI=1S/C22H32N2O5/c1-5-23(6-2)16-8-9-17-14(4)19(21(26)29-18(17)12-16)20-15(13-25)10-11-24(20)22(27)28-7-3/h8-9,12,14-15,19-20,25H,5-7,10-11,13H2,1-4H3. The highest BCUT2D eigenvalue weighted by atomic mass is 16.6. The number of hydrogen-bond donors (Lipinski definition) is 1. The molecule has 1 amide bonds. The van der Waals surface area contributed by atoms with Crippen molar-refractivity contribution < 1.29 is 24.2 Å². The molecule has 1 aromatic rings. The van der Waals surface area contributed by atoms with Crippen molar-refractivity contribution >= 4 is 17.7 Å². The molecule has 4 atom stereocenters. The first-order valence-electron chi connectivity index (χ1n) is 10.6. The van der Waals surface area contributed by atoms with Gasteiger partial charge in [-0.25, -0.2) is 4.79 Å². The molecule has 3 rings (SSSR count). The van der Waals surface area contributed by atoms with E-state index in [1.807, 2.05) is 19.1 Å². The fraction of sp³-hybridized carbons (Fsp3) is 0.636. The predicted molar refractivity (Wildman–Crippen MR) is 110 cm³/mol. The van der Waals surface area contributed by atoms with E-state index < -0.39 is 18.1 Å². The van der Waals surface area contributed by atoms with Crippen molar-refractivity contribution in [1.82, 2.24) is 4.90 Å². The zero-order chi connectivity index (χ0) is 21.1. The molecule has 0 saturated carbocycles. The number of anilines is 1. The first kappa shape index (κ1) is 21.4. The van der Waals surface area contributed by atoms with E-state index in [0.29, 0.717) is 18.7 Å². The molecule has 7 heteroatoms. The molecule has 0 aliphatic carbocycles. The van der Waals surface area contributed by atoms with Gasteiger partial charge in [0.2, 0.25) is 0 Å². The molecule has 1 fully saturated rings. The number of benzene rings is 1. The van der Waals surface area contributed by atoms with Gasteiger partial charge in [-0.05, 0) is 38.8 Å². The molecular weight excluding hydrogens is 372 g/mol. The van der Waals surface area contributed by atoms with Gasteiger partial charge in [-0.15, -0.1) is 0 Å². The van der Waals surface area contributed by atoms with Gasteiger partial charge in [0.25, 0.3) is 0 Å². The Morgan fingerprint density at radius 2 is 2.03 bits per heavy atom. The Morgan fingerprint density at radius 1 is 1.31 bits per heavy atom. The molecule has 0 radical (unpaired) electrons. The SMILES string of the molecule is CCOC(=O)N1CCC(CO)C1C1C(=O)Oc2cc(N(CC)CC)ccc2C1C. The normalized spacial score (nSPS) is 26.1. The molecule has 1 N–H and O–H groups in total. The molecule has 2 aliphatic rings. The maximum absolute atomic E-state index is 13.1. The number of aliphatic hydroxyl groups excluding tert-OH is 1. The summed E-state index contributed by atoms with van der Waals surface area (Å²) in [4.78, 5) is 29.3. The third-order valence-electron chi connectivity index (χ3n) is 6.33. The largest absolute Gasteiger partial charge is 0.450 e. The van der Waals surface area contributed by atoms with Gasteiger partial charge in [-0.1, -0.05) is 13.0 Å². The van der Waals surface area contributed by atoms with E-state index in [1.165, 1.54) is 0 Å². The number of aliphatic hydroxyl groups is 1. The van der Waals surface area contributed by atoms with Crippen molar-refractivity contribution in [3.63, 3.8) is 0 Å². The first-order valence-corrected chi connectivity index (χ1v) is 10.6. The van der Waals surface area contributed by atoms with Crippen molar-refractivity contribution in [3.05, 3.63) is 23.8 Å². The van der Waals surface area contributed by atoms with Crippen molar-refractivity contribution in [3.8, 4) is 5.75 Å². The summed E-state index contributed by atoms with van der Waals surface area (Å²) in [6.07, 6.45) is 0.209. The number of carbonyl (C=O) groups excluding carboxylic acids is 2. The van der Waals surface area contributed by atoms with Gasteiger partial charge >= 0.3 is 12.1 Å². The van der Waals surface area contributed by atoms with E-state index in [0.717, 1.165) is 24.3 Å². The number of amides is 1. The first-order chi connectivity index (χ1) is 14.0. The van der Waals surface area contributed by atoms with Gasteiger partial charge in [-0.2, -0.15) is 0 Å². The van der Waals surface area contributed by atoms with E-state index in [1.54, 1.807) is 11.8 Å². The third-order valence-corrected chi connectivity index (χ3v) is 6.33. The highest BCUT2D eigenvalue weighted by Crippen LogP contribution is 2.45. The highest BCUT2D eigenvalue weighted by Gasteiger charge is 2.50. The molecule has 0 aromatic heterocycles. The van der Waals surface area contributed by atoms with Crippen LogP contribution in [-0.2, 0) is 9.53 Å². The maximum atomic E-state index is 13.1. The minimum Gasteiger partial charge on any atom is -0.450 e. The van der Waals surface area contributed by atoms with Crippen LogP contribution in [0.4, 0.5) is 10.5 Å². The van der Waals surface area contributed by atoms with Gasteiger partial charge in [-0.3, -0.25) is 4.79 Å². The lowest BCUT2D eigenvalue weighted by Crippen LogP contribution is -2.50. The van der Waals surface area contributed by atoms with Gasteiger partial charge in [0.15, 0.2) is 0 Å². The Morgan fingerprint density at radius 3 is 2.66 bits per heavy atom. The monoisotopic (exact) mass is 404 g/mol. The molecule has 1 aromatic carbocycles. The van der Waals surface area contributed by atoms with E-state index in [-0.39, 0.29) is 31.0 Å². The lowest BCUT2D eigenvalue weighted by Gasteiger charge is -2.39. The van der Waals surface area contributed by atoms with Crippen molar-refractivity contribution in [2.45, 2.75) is 46.1 Å². The number of likely N-dealkylation sites (tertiary alicyclic amines) is 1. The number of ether oxygens (including phenoxy) is 2. The second-order valence-electron chi connectivity index (χ2n) is 7.74. The van der Waals surface area contributed by atoms with Crippen LogP contribution in [0.5, 0.6) is 5.75 Å². The molecule has 2 aliphatic heterocycles. The number of fused-ring (bicyclic) bond motifs is 1. The molecule has 1 saturated heterocycles. The van der Waals surface area contributed by atoms with Crippen LogP contribution in [0.1, 0.15) is 45.6 Å². The Balaban J connectivity index is 1.93. The molecular formula is C22H32N2O5. The fourth-order valence-corrected chi connectivity index (χ4v) is 4.77. The Bertz CT molecular complexity index is 749. The summed E-state index contributed by atoms with van der Waals surface area (Å²) >= 11 is 0. The summed E-state index contributed by atoms with van der Waals surface area (Å²) < 4.78 is 11.0. The second kappa shape index (κ2) is 9.03. The Labute approximate surface area is 172 Å². The highest BCUT2D eigenvalue weighted by molar-refractivity contribution is 5.82. The molecule has 29 heavy (non-hydrogen) atoms. The average molecular weight is 405 g/mol. The number of esters is 1. The number of hydrogen-bond acceptors (Lipinski definition) is 6. The summed E-state index contributed by atoms with van der Waals surface area (Å²) in [5.74, 6) is -0.599. The van der Waals surface area contributed by atoms with Crippen LogP contribution in [0.15, 0.2) is 18.2 Å². The van der Waals surface area contributed by atoms with E-state index in [4.69, 9.17) is 9.47 Å². The lowest BCUT2D eigenvalue weighted by molar-refractivity contribution is -0.144. The van der Waals surface area contributed by atoms with Crippen LogP contribution in [-0.4, -0.2) is 61.0 Å². The Hall–Kier alpha value is -2.28. The third kappa shape index (κ3) is 3.92. The van der Waals surface area contributed by atoms with Crippen LogP contribution in [0.25, 0.3) is 0 Å². The van der Waals surface area contributed by atoms with E-state index in [2.05, 4.69) is 24.8 Å². The van der Waals surface area contributed by atoms with Gasteiger partial charge < -0.3 is 24.4 Å². The van der Waals surface area contributed by atoms with E-state index in [9.17, 15) is 14.7 Å². The van der Waals surface area contributed by atoms with E-state index >= 15 is 0 Å². The maximum Gasteiger partial charge on any atom is 0.410 e. The molecule has 160 valence electrons. The number of carbonyl (C=O) groups is 2. The fourth-order valence-electron chi connectivity index (χ4n) is 4.77. The number of nitrogens with zero attached hydrogens (tertiary/aromatic N) is 2. The van der Waals surface area contributed by atoms with Gasteiger partial charge in [0.1, 0.15) is 5.75 Å². The van der Waals surface area contributed by atoms with Gasteiger partial charge in [0.05, 0.1) is 18.6 Å². The van der Waals surface area contributed by atoms with Crippen molar-refractivity contribution in [2.75, 3.05) is 37.7 Å². The zero-order valence-corrected chi connectivity index (χ0v) is 17.8. The average Bonchev–Trinajstić information content (AvgIpc) is 3.12. The van der Waals surface area contributed by atoms with Crippen LogP contribution in [0, 0.1) is 11.8 Å². The van der Waals surface area contributed by atoms with Crippen LogP contribution < -0.4 is 9.64 Å². The van der Waals surface area contributed by atoms with Gasteiger partial charge in [0, 0.05) is 49.8 Å². The lowest BCUT2D eigenvalue weighted by atomic mass is 9.76. The summed E-state index contributed by atoms with van der Waals surface area (Å²) in [6, 6.07) is 5.57. The minimum absolute atomic E-state index is 0.0785. The van der Waals surface area contributed by atoms with Crippen LogP contribution in [0.3, 0.4) is 0 Å². The summed E-state index contributed by atoms with van der Waals surface area (Å²) in [5, 5.41) is 9.88. The smallest absolute Gasteiger partial charge is 0.410 e. The van der Waals surface area contributed by atoms with Crippen molar-refractivity contribution in [2.24, 2.45) is 11.8 Å². The predicted octanol–water partition coefficient (Wildman–Crippen LogP) is 3.01. The molecule has 2 heterocycles. The van der Waals surface area contributed by atoms with Crippen LogP contribution >= 0.6 is 0 Å². The summed E-state index contributed by atoms with van der Waals surface area (Å²) in [6.45, 7) is 10.3.